The van der Waals surface area contributed by atoms with Crippen molar-refractivity contribution in [1.82, 2.24) is 0 Å². The molecule has 0 heterocycles. The molecule has 0 radical (unpaired) electrons. The second-order valence-corrected chi connectivity index (χ2v) is 11.2. The van der Waals surface area contributed by atoms with E-state index in [0.29, 0.717) is 0 Å². The third kappa shape index (κ3) is 3.24. The maximum atomic E-state index is 2.36. The van der Waals surface area contributed by atoms with Gasteiger partial charge in [-0.2, -0.15) is 0 Å². The van der Waals surface area contributed by atoms with Crippen molar-refractivity contribution in [2.45, 2.75) is 0 Å². The van der Waals surface area contributed by atoms with E-state index in [9.17, 15) is 0 Å². The predicted octanol–water partition coefficient (Wildman–Crippen LogP) is 11.9. The van der Waals surface area contributed by atoms with Crippen LogP contribution in [0.4, 0.5) is 0 Å². The van der Waals surface area contributed by atoms with Gasteiger partial charge < -0.3 is 0 Å². The Morgan fingerprint density at radius 3 is 1.43 bits per heavy atom. The fraction of sp³-hybridized carbons (Fsp3) is 0. The first-order chi connectivity index (χ1) is 20.9. The lowest BCUT2D eigenvalue weighted by atomic mass is 9.81. The molecule has 0 fully saturated rings. The third-order valence-electron chi connectivity index (χ3n) is 9.02. The van der Waals surface area contributed by atoms with Crippen molar-refractivity contribution in [3.63, 3.8) is 0 Å². The van der Waals surface area contributed by atoms with Gasteiger partial charge in [0.1, 0.15) is 0 Å². The monoisotopic (exact) mass is 530 g/mol. The van der Waals surface area contributed by atoms with E-state index in [1.54, 1.807) is 0 Å². The van der Waals surface area contributed by atoms with Gasteiger partial charge in [0.25, 0.3) is 0 Å². The number of benzene rings is 9. The summed E-state index contributed by atoms with van der Waals surface area (Å²) in [5, 5.41) is 13.2. The van der Waals surface area contributed by atoms with E-state index in [1.165, 1.54) is 87.2 Å². The van der Waals surface area contributed by atoms with Crippen molar-refractivity contribution in [2.75, 3.05) is 0 Å². The molecule has 0 aliphatic heterocycles. The number of rotatable bonds is 3. The third-order valence-corrected chi connectivity index (χ3v) is 9.02. The lowest BCUT2D eigenvalue weighted by Crippen LogP contribution is -1.94. The SMILES string of the molecule is c1ccc(-c2ccccc2-c2c3ccccc3c3c4ccc(-c5ccccc5)c5cccc(c6cccc2c63)c54)cc1. The Kier molecular flexibility index (Phi) is 5.00. The van der Waals surface area contributed by atoms with Gasteiger partial charge in [0.15, 0.2) is 0 Å². The van der Waals surface area contributed by atoms with Crippen LogP contribution in [0.2, 0.25) is 0 Å². The van der Waals surface area contributed by atoms with Gasteiger partial charge in [0.05, 0.1) is 0 Å². The molecule has 0 saturated carbocycles. The van der Waals surface area contributed by atoms with Crippen LogP contribution in [-0.2, 0) is 0 Å². The largest absolute Gasteiger partial charge is 0.0622 e. The fourth-order valence-corrected chi connectivity index (χ4v) is 7.30. The van der Waals surface area contributed by atoms with Crippen LogP contribution < -0.4 is 0 Å². The van der Waals surface area contributed by atoms with Gasteiger partial charge in [-0.1, -0.05) is 158 Å². The first-order valence-corrected chi connectivity index (χ1v) is 14.6. The van der Waals surface area contributed by atoms with Crippen molar-refractivity contribution < 1.29 is 0 Å². The van der Waals surface area contributed by atoms with Crippen molar-refractivity contribution in [2.24, 2.45) is 0 Å². The second-order valence-electron chi connectivity index (χ2n) is 11.2. The Hall–Kier alpha value is -5.46. The zero-order valence-electron chi connectivity index (χ0n) is 23.0. The van der Waals surface area contributed by atoms with Crippen molar-refractivity contribution in [3.8, 4) is 33.4 Å². The van der Waals surface area contributed by atoms with Crippen molar-refractivity contribution in [3.05, 3.63) is 158 Å². The van der Waals surface area contributed by atoms with Crippen LogP contribution >= 0.6 is 0 Å². The second kappa shape index (κ2) is 9.03. The van der Waals surface area contributed by atoms with E-state index in [4.69, 9.17) is 0 Å². The lowest BCUT2D eigenvalue weighted by Gasteiger charge is -2.22. The minimum atomic E-state index is 1.24. The average Bonchev–Trinajstić information content (AvgIpc) is 3.07. The molecule has 0 N–H and O–H groups in total. The summed E-state index contributed by atoms with van der Waals surface area (Å²) < 4.78 is 0. The summed E-state index contributed by atoms with van der Waals surface area (Å²) in [5.41, 5.74) is 7.61. The van der Waals surface area contributed by atoms with E-state index in [0.717, 1.165) is 0 Å². The normalized spacial score (nSPS) is 11.8. The summed E-state index contributed by atoms with van der Waals surface area (Å²) in [6.07, 6.45) is 0. The number of fused-ring (bicyclic) bond motifs is 4. The summed E-state index contributed by atoms with van der Waals surface area (Å²) in [5.74, 6) is 0. The van der Waals surface area contributed by atoms with Gasteiger partial charge in [-0.05, 0) is 87.2 Å². The van der Waals surface area contributed by atoms with Gasteiger partial charge >= 0.3 is 0 Å². The smallest absolute Gasteiger partial charge is 0.00137 e. The van der Waals surface area contributed by atoms with E-state index < -0.39 is 0 Å². The highest BCUT2D eigenvalue weighted by Crippen LogP contribution is 2.49. The van der Waals surface area contributed by atoms with E-state index in [-0.39, 0.29) is 0 Å². The fourth-order valence-electron chi connectivity index (χ4n) is 7.30. The number of hydrogen-bond acceptors (Lipinski definition) is 0. The van der Waals surface area contributed by atoms with Crippen LogP contribution in [-0.4, -0.2) is 0 Å². The quantitative estimate of drug-likeness (QED) is 0.157. The molecule has 0 atom stereocenters. The molecule has 9 rings (SSSR count). The summed E-state index contributed by atoms with van der Waals surface area (Å²) in [6, 6.07) is 57.9. The minimum Gasteiger partial charge on any atom is -0.0622 e. The molecule has 0 heteroatoms. The average molecular weight is 531 g/mol. The van der Waals surface area contributed by atoms with Crippen LogP contribution in [0.5, 0.6) is 0 Å². The predicted molar refractivity (Wildman–Crippen MR) is 181 cm³/mol. The molecule has 0 aromatic heterocycles. The van der Waals surface area contributed by atoms with Gasteiger partial charge in [-0.25, -0.2) is 0 Å². The van der Waals surface area contributed by atoms with Crippen molar-refractivity contribution >= 4 is 53.9 Å². The van der Waals surface area contributed by atoms with Gasteiger partial charge in [0, 0.05) is 0 Å². The first kappa shape index (κ1) is 23.3. The van der Waals surface area contributed by atoms with Crippen LogP contribution in [0.25, 0.3) is 87.2 Å². The molecule has 9 aromatic carbocycles. The highest BCUT2D eigenvalue weighted by atomic mass is 14.2. The van der Waals surface area contributed by atoms with E-state index >= 15 is 0 Å². The maximum Gasteiger partial charge on any atom is -0.00137 e. The molecule has 0 bridgehead atoms. The Morgan fingerprint density at radius 1 is 0.214 bits per heavy atom. The Bertz CT molecular complexity index is 2430. The van der Waals surface area contributed by atoms with Crippen LogP contribution in [0.3, 0.4) is 0 Å². The molecular formula is C42H26. The molecule has 0 aliphatic carbocycles. The highest BCUT2D eigenvalue weighted by molar-refractivity contribution is 6.41. The standard InChI is InChI=1S/C42H26/c1-3-13-27(14-4-1)29-17-7-8-18-31(29)39-33-19-9-10-20-35(33)42-38-26-25-30(28-15-5-2-6-16-28)32-21-11-22-34(40(32)38)36-23-12-24-37(39)41(36)42/h1-26H. The molecule has 0 nitrogen and oxygen atoms in total. The first-order valence-electron chi connectivity index (χ1n) is 14.6. The maximum absolute atomic E-state index is 2.36. The zero-order chi connectivity index (χ0) is 27.6. The summed E-state index contributed by atoms with van der Waals surface area (Å²) in [7, 11) is 0. The van der Waals surface area contributed by atoms with E-state index in [1.807, 2.05) is 0 Å². The zero-order valence-corrected chi connectivity index (χ0v) is 23.0. The molecule has 0 spiro atoms. The molecular weight excluding hydrogens is 504 g/mol. The van der Waals surface area contributed by atoms with Crippen molar-refractivity contribution in [1.29, 1.82) is 0 Å². The molecule has 0 unspecified atom stereocenters. The van der Waals surface area contributed by atoms with Gasteiger partial charge in [-0.3, -0.25) is 0 Å². The molecule has 194 valence electrons. The Labute approximate surface area is 244 Å². The van der Waals surface area contributed by atoms with Crippen LogP contribution in [0, 0.1) is 0 Å². The summed E-state index contributed by atoms with van der Waals surface area (Å²) in [4.78, 5) is 0. The summed E-state index contributed by atoms with van der Waals surface area (Å²) >= 11 is 0. The lowest BCUT2D eigenvalue weighted by molar-refractivity contribution is 1.61. The molecule has 9 aromatic rings. The van der Waals surface area contributed by atoms with E-state index in [2.05, 4.69) is 158 Å². The topological polar surface area (TPSA) is 0 Å². The van der Waals surface area contributed by atoms with Gasteiger partial charge in [0.2, 0.25) is 0 Å². The molecule has 42 heavy (non-hydrogen) atoms. The number of hydrogen-bond donors (Lipinski definition) is 0. The Balaban J connectivity index is 1.50. The minimum absolute atomic E-state index is 1.24. The summed E-state index contributed by atoms with van der Waals surface area (Å²) in [6.45, 7) is 0. The van der Waals surface area contributed by atoms with Crippen LogP contribution in [0.1, 0.15) is 0 Å². The Morgan fingerprint density at radius 2 is 0.690 bits per heavy atom. The molecule has 0 aliphatic rings. The van der Waals surface area contributed by atoms with Crippen LogP contribution in [0.15, 0.2) is 158 Å². The molecule has 0 saturated heterocycles. The highest BCUT2D eigenvalue weighted by Gasteiger charge is 2.21. The molecule has 0 amide bonds. The van der Waals surface area contributed by atoms with Gasteiger partial charge in [-0.15, -0.1) is 0 Å².